The lowest BCUT2D eigenvalue weighted by molar-refractivity contribution is 0.514. The number of hydrogen-bond donors (Lipinski definition) is 1. The second-order valence-electron chi connectivity index (χ2n) is 5.53. The van der Waals surface area contributed by atoms with Gasteiger partial charge >= 0.3 is 0 Å². The SMILES string of the molecule is CCCNC(CCC)CSc1ccc2c(c1)CCC2. The van der Waals surface area contributed by atoms with Gasteiger partial charge in [0, 0.05) is 16.7 Å². The molecule has 1 N–H and O–H groups in total. The van der Waals surface area contributed by atoms with Crippen molar-refractivity contribution in [2.24, 2.45) is 0 Å². The average molecular weight is 277 g/mol. The highest BCUT2D eigenvalue weighted by molar-refractivity contribution is 7.99. The van der Waals surface area contributed by atoms with E-state index in [0.717, 1.165) is 6.54 Å². The van der Waals surface area contributed by atoms with Crippen LogP contribution < -0.4 is 5.32 Å². The quantitative estimate of drug-likeness (QED) is 0.705. The molecule has 1 atom stereocenters. The van der Waals surface area contributed by atoms with Crippen LogP contribution in [0.15, 0.2) is 23.1 Å². The van der Waals surface area contributed by atoms with Crippen molar-refractivity contribution >= 4 is 11.8 Å². The summed E-state index contributed by atoms with van der Waals surface area (Å²) in [6, 6.07) is 7.76. The summed E-state index contributed by atoms with van der Waals surface area (Å²) < 4.78 is 0. The standard InChI is InChI=1S/C17H27NS/c1-3-6-16(18-11-4-2)13-19-17-10-9-14-7-5-8-15(14)12-17/h9-10,12,16,18H,3-8,11,13H2,1-2H3. The van der Waals surface area contributed by atoms with Gasteiger partial charge in [0.2, 0.25) is 0 Å². The lowest BCUT2D eigenvalue weighted by Crippen LogP contribution is -2.31. The van der Waals surface area contributed by atoms with Crippen molar-refractivity contribution in [1.29, 1.82) is 0 Å². The molecular weight excluding hydrogens is 250 g/mol. The Bertz CT molecular complexity index is 389. The van der Waals surface area contributed by atoms with E-state index >= 15 is 0 Å². The van der Waals surface area contributed by atoms with Crippen LogP contribution in [0.3, 0.4) is 0 Å². The maximum Gasteiger partial charge on any atom is 0.0161 e. The highest BCUT2D eigenvalue weighted by Gasteiger charge is 2.12. The molecule has 2 heteroatoms. The van der Waals surface area contributed by atoms with Gasteiger partial charge < -0.3 is 5.32 Å². The summed E-state index contributed by atoms with van der Waals surface area (Å²) >= 11 is 2.02. The van der Waals surface area contributed by atoms with Gasteiger partial charge in [-0.15, -0.1) is 11.8 Å². The largest absolute Gasteiger partial charge is 0.313 e. The van der Waals surface area contributed by atoms with Crippen LogP contribution in [0.2, 0.25) is 0 Å². The Kier molecular flexibility index (Phi) is 6.25. The molecule has 1 unspecified atom stereocenters. The van der Waals surface area contributed by atoms with E-state index in [1.165, 1.54) is 49.2 Å². The first-order chi connectivity index (χ1) is 9.33. The molecule has 0 saturated heterocycles. The molecule has 0 radical (unpaired) electrons. The molecule has 0 bridgehead atoms. The second kappa shape index (κ2) is 7.96. The van der Waals surface area contributed by atoms with E-state index in [2.05, 4.69) is 37.4 Å². The van der Waals surface area contributed by atoms with Gasteiger partial charge in [0.1, 0.15) is 0 Å². The van der Waals surface area contributed by atoms with Crippen LogP contribution in [0, 0.1) is 0 Å². The molecular formula is C17H27NS. The number of nitrogens with one attached hydrogen (secondary N) is 1. The maximum absolute atomic E-state index is 3.67. The zero-order valence-electron chi connectivity index (χ0n) is 12.4. The molecule has 0 heterocycles. The summed E-state index contributed by atoms with van der Waals surface area (Å²) in [6.45, 7) is 5.67. The molecule has 1 aromatic rings. The van der Waals surface area contributed by atoms with Gasteiger partial charge in [-0.25, -0.2) is 0 Å². The zero-order chi connectivity index (χ0) is 13.5. The minimum Gasteiger partial charge on any atom is -0.313 e. The number of benzene rings is 1. The Morgan fingerprint density at radius 3 is 2.79 bits per heavy atom. The summed E-state index contributed by atoms with van der Waals surface area (Å²) in [4.78, 5) is 1.46. The fourth-order valence-electron chi connectivity index (χ4n) is 2.78. The summed E-state index contributed by atoms with van der Waals surface area (Å²) in [7, 11) is 0. The number of aryl methyl sites for hydroxylation is 2. The van der Waals surface area contributed by atoms with E-state index in [1.807, 2.05) is 11.8 Å². The van der Waals surface area contributed by atoms with Crippen molar-refractivity contribution in [3.8, 4) is 0 Å². The lowest BCUT2D eigenvalue weighted by Gasteiger charge is -2.17. The third kappa shape index (κ3) is 4.54. The van der Waals surface area contributed by atoms with Gasteiger partial charge in [0.15, 0.2) is 0 Å². The molecule has 0 aliphatic heterocycles. The van der Waals surface area contributed by atoms with E-state index in [9.17, 15) is 0 Å². The Morgan fingerprint density at radius 2 is 2.00 bits per heavy atom. The molecule has 106 valence electrons. The van der Waals surface area contributed by atoms with Crippen LogP contribution >= 0.6 is 11.8 Å². The summed E-state index contributed by atoms with van der Waals surface area (Å²) in [5.41, 5.74) is 3.18. The minimum atomic E-state index is 0.670. The lowest BCUT2D eigenvalue weighted by atomic mass is 10.1. The molecule has 19 heavy (non-hydrogen) atoms. The normalized spacial score (nSPS) is 15.5. The number of hydrogen-bond acceptors (Lipinski definition) is 2. The molecule has 0 amide bonds. The number of fused-ring (bicyclic) bond motifs is 1. The first-order valence-electron chi connectivity index (χ1n) is 7.81. The van der Waals surface area contributed by atoms with Crippen LogP contribution in [0.25, 0.3) is 0 Å². The van der Waals surface area contributed by atoms with Crippen LogP contribution in [-0.4, -0.2) is 18.3 Å². The minimum absolute atomic E-state index is 0.670. The molecule has 1 aliphatic carbocycles. The third-order valence-corrected chi connectivity index (χ3v) is 5.00. The van der Waals surface area contributed by atoms with E-state index in [0.29, 0.717) is 6.04 Å². The fourth-order valence-corrected chi connectivity index (χ4v) is 3.84. The Hall–Kier alpha value is -0.470. The molecule has 1 aliphatic rings. The van der Waals surface area contributed by atoms with Gasteiger partial charge in [0.25, 0.3) is 0 Å². The van der Waals surface area contributed by atoms with E-state index < -0.39 is 0 Å². The topological polar surface area (TPSA) is 12.0 Å². The van der Waals surface area contributed by atoms with E-state index in [1.54, 1.807) is 11.1 Å². The highest BCUT2D eigenvalue weighted by atomic mass is 32.2. The van der Waals surface area contributed by atoms with Gasteiger partial charge in [0.05, 0.1) is 0 Å². The van der Waals surface area contributed by atoms with Crippen molar-refractivity contribution in [3.05, 3.63) is 29.3 Å². The monoisotopic (exact) mass is 277 g/mol. The van der Waals surface area contributed by atoms with Crippen molar-refractivity contribution in [1.82, 2.24) is 5.32 Å². The number of thioether (sulfide) groups is 1. The summed E-state index contributed by atoms with van der Waals surface area (Å²) in [5, 5.41) is 3.67. The molecule has 0 fully saturated rings. The van der Waals surface area contributed by atoms with Crippen molar-refractivity contribution in [3.63, 3.8) is 0 Å². The van der Waals surface area contributed by atoms with Gasteiger partial charge in [-0.05, 0) is 61.9 Å². The van der Waals surface area contributed by atoms with Crippen molar-refractivity contribution in [2.45, 2.75) is 63.3 Å². The summed E-state index contributed by atoms with van der Waals surface area (Å²) in [6.07, 6.45) is 7.71. The smallest absolute Gasteiger partial charge is 0.0161 e. The Morgan fingerprint density at radius 1 is 1.16 bits per heavy atom. The zero-order valence-corrected chi connectivity index (χ0v) is 13.2. The fraction of sp³-hybridized carbons (Fsp3) is 0.647. The van der Waals surface area contributed by atoms with Gasteiger partial charge in [-0.1, -0.05) is 26.3 Å². The van der Waals surface area contributed by atoms with Crippen LogP contribution in [-0.2, 0) is 12.8 Å². The van der Waals surface area contributed by atoms with Crippen LogP contribution in [0.4, 0.5) is 0 Å². The molecule has 2 rings (SSSR count). The first-order valence-corrected chi connectivity index (χ1v) is 8.80. The molecule has 0 saturated carbocycles. The van der Waals surface area contributed by atoms with E-state index in [4.69, 9.17) is 0 Å². The average Bonchev–Trinajstić information content (AvgIpc) is 2.89. The van der Waals surface area contributed by atoms with Gasteiger partial charge in [-0.2, -0.15) is 0 Å². The molecule has 0 spiro atoms. The molecule has 0 aromatic heterocycles. The van der Waals surface area contributed by atoms with Crippen LogP contribution in [0.1, 0.15) is 50.7 Å². The predicted molar refractivity (Wildman–Crippen MR) is 86.2 cm³/mol. The molecule has 1 nitrogen and oxygen atoms in total. The van der Waals surface area contributed by atoms with Crippen LogP contribution in [0.5, 0.6) is 0 Å². The van der Waals surface area contributed by atoms with E-state index in [-0.39, 0.29) is 0 Å². The summed E-state index contributed by atoms with van der Waals surface area (Å²) in [5.74, 6) is 1.20. The van der Waals surface area contributed by atoms with Crippen molar-refractivity contribution < 1.29 is 0 Å². The predicted octanol–water partition coefficient (Wildman–Crippen LogP) is 4.44. The number of rotatable bonds is 8. The Labute approximate surface area is 122 Å². The Balaban J connectivity index is 1.85. The highest BCUT2D eigenvalue weighted by Crippen LogP contribution is 2.28. The third-order valence-electron chi connectivity index (χ3n) is 3.84. The molecule has 1 aromatic carbocycles. The van der Waals surface area contributed by atoms with Gasteiger partial charge in [-0.3, -0.25) is 0 Å². The van der Waals surface area contributed by atoms with Crippen molar-refractivity contribution in [2.75, 3.05) is 12.3 Å². The first kappa shape index (κ1) is 14.9. The maximum atomic E-state index is 3.67. The second-order valence-corrected chi connectivity index (χ2v) is 6.63.